The van der Waals surface area contributed by atoms with Crippen LogP contribution in [0.5, 0.6) is 17.2 Å². The Morgan fingerprint density at radius 2 is 1.68 bits per heavy atom. The summed E-state index contributed by atoms with van der Waals surface area (Å²) < 4.78 is 37.9. The fourth-order valence-electron chi connectivity index (χ4n) is 2.01. The van der Waals surface area contributed by atoms with Crippen molar-refractivity contribution < 1.29 is 27.4 Å². The monoisotopic (exact) mass is 386 g/mol. The van der Waals surface area contributed by atoms with E-state index >= 15 is 0 Å². The zero-order chi connectivity index (χ0) is 18.6. The van der Waals surface area contributed by atoms with E-state index in [2.05, 4.69) is 10.3 Å². The standard InChI is InChI=1S/C15H15ClN2O6S/c1-22-11-6-9(7-12(23-2)14(11)24-3)15(19)18-10-4-5-13(17-8-10)25(16,20)21/h4-8H,1-3H3,(H,18,19). The third-order valence-corrected chi connectivity index (χ3v) is 4.39. The minimum Gasteiger partial charge on any atom is -0.493 e. The smallest absolute Gasteiger partial charge is 0.278 e. The van der Waals surface area contributed by atoms with Crippen molar-refractivity contribution in [2.45, 2.75) is 5.03 Å². The number of hydrogen-bond donors (Lipinski definition) is 1. The molecular formula is C15H15ClN2O6S. The van der Waals surface area contributed by atoms with E-state index in [4.69, 9.17) is 24.9 Å². The van der Waals surface area contributed by atoms with E-state index in [9.17, 15) is 13.2 Å². The molecule has 0 bridgehead atoms. The average molecular weight is 387 g/mol. The highest BCUT2D eigenvalue weighted by molar-refractivity contribution is 8.13. The van der Waals surface area contributed by atoms with Crippen molar-refractivity contribution >= 4 is 31.3 Å². The van der Waals surface area contributed by atoms with Gasteiger partial charge in [-0.1, -0.05) is 0 Å². The van der Waals surface area contributed by atoms with E-state index in [0.717, 1.165) is 0 Å². The van der Waals surface area contributed by atoms with Crippen LogP contribution in [-0.4, -0.2) is 40.6 Å². The summed E-state index contributed by atoms with van der Waals surface area (Å²) in [4.78, 5) is 16.1. The summed E-state index contributed by atoms with van der Waals surface area (Å²) in [6.07, 6.45) is 1.19. The summed E-state index contributed by atoms with van der Waals surface area (Å²) >= 11 is 0. The lowest BCUT2D eigenvalue weighted by atomic mass is 10.1. The SMILES string of the molecule is COc1cc(C(=O)Nc2ccc(S(=O)(=O)Cl)nc2)cc(OC)c1OC. The van der Waals surface area contributed by atoms with E-state index in [0.29, 0.717) is 22.9 Å². The molecule has 10 heteroatoms. The van der Waals surface area contributed by atoms with Crippen LogP contribution < -0.4 is 19.5 Å². The molecule has 1 amide bonds. The highest BCUT2D eigenvalue weighted by atomic mass is 35.7. The number of rotatable bonds is 6. The van der Waals surface area contributed by atoms with Gasteiger partial charge in [0, 0.05) is 16.2 Å². The number of carbonyl (C=O) groups excluding carboxylic acids is 1. The van der Waals surface area contributed by atoms with Gasteiger partial charge in [0.25, 0.3) is 15.0 Å². The number of ether oxygens (including phenoxy) is 3. The molecule has 2 aromatic rings. The molecule has 134 valence electrons. The van der Waals surface area contributed by atoms with E-state index < -0.39 is 15.0 Å². The molecule has 25 heavy (non-hydrogen) atoms. The Labute approximate surface area is 149 Å². The Bertz CT molecular complexity index is 858. The second-order valence-corrected chi connectivity index (χ2v) is 7.20. The molecule has 1 aromatic heterocycles. The maximum Gasteiger partial charge on any atom is 0.278 e. The van der Waals surface area contributed by atoms with E-state index in [1.165, 1.54) is 51.8 Å². The summed E-state index contributed by atoms with van der Waals surface area (Å²) in [5.74, 6) is 0.546. The quantitative estimate of drug-likeness (QED) is 0.759. The number of nitrogens with one attached hydrogen (secondary N) is 1. The van der Waals surface area contributed by atoms with Crippen molar-refractivity contribution in [2.24, 2.45) is 0 Å². The number of nitrogens with zero attached hydrogens (tertiary/aromatic N) is 1. The lowest BCUT2D eigenvalue weighted by Crippen LogP contribution is -2.13. The Morgan fingerprint density at radius 1 is 1.08 bits per heavy atom. The van der Waals surface area contributed by atoms with Gasteiger partial charge in [-0.05, 0) is 24.3 Å². The molecule has 0 saturated carbocycles. The molecule has 8 nitrogen and oxygen atoms in total. The lowest BCUT2D eigenvalue weighted by Gasteiger charge is -2.14. The third kappa shape index (κ3) is 4.31. The molecule has 2 rings (SSSR count). The summed E-state index contributed by atoms with van der Waals surface area (Å²) in [5, 5.41) is 2.28. The molecule has 0 aliphatic carbocycles. The first-order valence-electron chi connectivity index (χ1n) is 6.82. The van der Waals surface area contributed by atoms with Crippen molar-refractivity contribution in [1.82, 2.24) is 4.98 Å². The summed E-state index contributed by atoms with van der Waals surface area (Å²) in [7, 11) is 5.60. The van der Waals surface area contributed by atoms with Gasteiger partial charge < -0.3 is 19.5 Å². The molecule has 0 unspecified atom stereocenters. The third-order valence-electron chi connectivity index (χ3n) is 3.17. The largest absolute Gasteiger partial charge is 0.493 e. The number of pyridine rings is 1. The van der Waals surface area contributed by atoms with Crippen LogP contribution in [0.15, 0.2) is 35.5 Å². The van der Waals surface area contributed by atoms with Crippen LogP contribution >= 0.6 is 10.7 Å². The highest BCUT2D eigenvalue weighted by Gasteiger charge is 2.17. The Hall–Kier alpha value is -2.52. The molecule has 1 aromatic carbocycles. The molecular weight excluding hydrogens is 372 g/mol. The molecule has 1 N–H and O–H groups in total. The molecule has 0 aliphatic rings. The topological polar surface area (TPSA) is 104 Å². The van der Waals surface area contributed by atoms with Gasteiger partial charge in [-0.2, -0.15) is 0 Å². The van der Waals surface area contributed by atoms with Gasteiger partial charge in [-0.15, -0.1) is 0 Å². The number of methoxy groups -OCH3 is 3. The zero-order valence-corrected chi connectivity index (χ0v) is 15.1. The van der Waals surface area contributed by atoms with Crippen molar-refractivity contribution in [3.63, 3.8) is 0 Å². The molecule has 0 fully saturated rings. The fourth-order valence-corrected chi connectivity index (χ4v) is 2.70. The first kappa shape index (κ1) is 18.8. The second kappa shape index (κ2) is 7.58. The van der Waals surface area contributed by atoms with Crippen LogP contribution in [0.25, 0.3) is 0 Å². The molecule has 0 atom stereocenters. The van der Waals surface area contributed by atoms with Crippen molar-refractivity contribution in [3.8, 4) is 17.2 Å². The van der Waals surface area contributed by atoms with Gasteiger partial charge in [0.05, 0.1) is 33.2 Å². The Balaban J connectivity index is 2.29. The highest BCUT2D eigenvalue weighted by Crippen LogP contribution is 2.38. The number of amides is 1. The minimum atomic E-state index is -3.92. The van der Waals surface area contributed by atoms with Crippen LogP contribution in [0, 0.1) is 0 Å². The van der Waals surface area contributed by atoms with Gasteiger partial charge in [0.1, 0.15) is 0 Å². The number of carbonyl (C=O) groups is 1. The number of hydrogen-bond acceptors (Lipinski definition) is 7. The first-order chi connectivity index (χ1) is 11.8. The van der Waals surface area contributed by atoms with Gasteiger partial charge in [-0.3, -0.25) is 4.79 Å². The molecule has 1 heterocycles. The maximum atomic E-state index is 12.4. The minimum absolute atomic E-state index is 0.253. The Kier molecular flexibility index (Phi) is 5.70. The van der Waals surface area contributed by atoms with Crippen molar-refractivity contribution in [1.29, 1.82) is 0 Å². The molecule has 0 radical (unpaired) electrons. The normalized spacial score (nSPS) is 10.9. The molecule has 0 saturated heterocycles. The van der Waals surface area contributed by atoms with Gasteiger partial charge in [0.2, 0.25) is 5.75 Å². The summed E-state index contributed by atoms with van der Waals surface area (Å²) in [6.45, 7) is 0. The van der Waals surface area contributed by atoms with Crippen molar-refractivity contribution in [3.05, 3.63) is 36.0 Å². The molecule has 0 spiro atoms. The van der Waals surface area contributed by atoms with E-state index in [1.807, 2.05) is 0 Å². The summed E-state index contributed by atoms with van der Waals surface area (Å²) in [5.41, 5.74) is 0.548. The number of aromatic nitrogens is 1. The van der Waals surface area contributed by atoms with Crippen molar-refractivity contribution in [2.75, 3.05) is 26.6 Å². The van der Waals surface area contributed by atoms with Crippen LogP contribution in [0.1, 0.15) is 10.4 Å². The first-order valence-corrected chi connectivity index (χ1v) is 9.13. The predicted molar refractivity (Wildman–Crippen MR) is 91.3 cm³/mol. The van der Waals surface area contributed by atoms with E-state index in [1.54, 1.807) is 0 Å². The van der Waals surface area contributed by atoms with E-state index in [-0.39, 0.29) is 10.6 Å². The van der Waals surface area contributed by atoms with Crippen LogP contribution in [0.3, 0.4) is 0 Å². The van der Waals surface area contributed by atoms with Gasteiger partial charge >= 0.3 is 0 Å². The second-order valence-electron chi connectivity index (χ2n) is 4.69. The number of halogens is 1. The fraction of sp³-hybridized carbons (Fsp3) is 0.200. The van der Waals surface area contributed by atoms with Crippen LogP contribution in [0.4, 0.5) is 5.69 Å². The average Bonchev–Trinajstić information content (AvgIpc) is 2.59. The van der Waals surface area contributed by atoms with Crippen LogP contribution in [0.2, 0.25) is 0 Å². The lowest BCUT2D eigenvalue weighted by molar-refractivity contribution is 0.102. The Morgan fingerprint density at radius 3 is 2.08 bits per heavy atom. The zero-order valence-electron chi connectivity index (χ0n) is 13.6. The van der Waals surface area contributed by atoms with Crippen LogP contribution in [-0.2, 0) is 9.05 Å². The predicted octanol–water partition coefficient (Wildman–Crippen LogP) is 2.29. The summed E-state index contributed by atoms with van der Waals surface area (Å²) in [6, 6.07) is 5.54. The van der Waals surface area contributed by atoms with Gasteiger partial charge in [0.15, 0.2) is 16.5 Å². The number of anilines is 1. The molecule has 0 aliphatic heterocycles. The number of benzene rings is 1. The maximum absolute atomic E-state index is 12.4. The van der Waals surface area contributed by atoms with Gasteiger partial charge in [-0.25, -0.2) is 13.4 Å².